The SMILES string of the molecule is O=C(Nc1ccc2oc(C3CC3)nc2c1)N1CCC2(CC1)OCCO2. The lowest BCUT2D eigenvalue weighted by molar-refractivity contribution is -0.181. The van der Waals surface area contributed by atoms with E-state index in [-0.39, 0.29) is 6.03 Å². The van der Waals surface area contributed by atoms with Gasteiger partial charge in [0.05, 0.1) is 13.2 Å². The number of oxazole rings is 1. The van der Waals surface area contributed by atoms with Crippen LogP contribution in [0, 0.1) is 0 Å². The van der Waals surface area contributed by atoms with E-state index in [0.29, 0.717) is 45.1 Å². The van der Waals surface area contributed by atoms with E-state index < -0.39 is 5.79 Å². The molecule has 0 unspecified atom stereocenters. The van der Waals surface area contributed by atoms with Crippen LogP contribution in [0.5, 0.6) is 0 Å². The Morgan fingerprint density at radius 1 is 1.20 bits per heavy atom. The van der Waals surface area contributed by atoms with E-state index in [1.807, 2.05) is 18.2 Å². The summed E-state index contributed by atoms with van der Waals surface area (Å²) in [5.41, 5.74) is 2.31. The second-order valence-corrected chi connectivity index (χ2v) is 7.03. The second-order valence-electron chi connectivity index (χ2n) is 7.03. The zero-order valence-corrected chi connectivity index (χ0v) is 14.0. The number of hydrogen-bond acceptors (Lipinski definition) is 5. The third-order valence-electron chi connectivity index (χ3n) is 5.21. The fourth-order valence-corrected chi connectivity index (χ4v) is 3.57. The van der Waals surface area contributed by atoms with E-state index in [0.717, 1.165) is 35.5 Å². The molecular formula is C18H21N3O4. The molecule has 0 bridgehead atoms. The van der Waals surface area contributed by atoms with Gasteiger partial charge in [-0.2, -0.15) is 0 Å². The van der Waals surface area contributed by atoms with Crippen LogP contribution in [0.3, 0.4) is 0 Å². The molecule has 1 spiro atoms. The van der Waals surface area contributed by atoms with Gasteiger partial charge in [0.2, 0.25) is 0 Å². The normalized spacial score (nSPS) is 22.6. The van der Waals surface area contributed by atoms with Crippen LogP contribution in [0.25, 0.3) is 11.1 Å². The number of nitrogens with zero attached hydrogens (tertiary/aromatic N) is 2. The zero-order valence-electron chi connectivity index (χ0n) is 14.0. The molecule has 132 valence electrons. The van der Waals surface area contributed by atoms with Gasteiger partial charge in [0.25, 0.3) is 0 Å². The van der Waals surface area contributed by atoms with Crippen LogP contribution in [-0.2, 0) is 9.47 Å². The maximum atomic E-state index is 12.5. The number of hydrogen-bond donors (Lipinski definition) is 1. The minimum Gasteiger partial charge on any atom is -0.440 e. The van der Waals surface area contributed by atoms with Crippen molar-refractivity contribution in [1.29, 1.82) is 0 Å². The number of urea groups is 1. The third kappa shape index (κ3) is 2.87. The third-order valence-corrected chi connectivity index (χ3v) is 5.21. The Morgan fingerprint density at radius 3 is 2.68 bits per heavy atom. The number of nitrogens with one attached hydrogen (secondary N) is 1. The maximum absolute atomic E-state index is 12.5. The molecule has 7 heteroatoms. The summed E-state index contributed by atoms with van der Waals surface area (Å²) in [6, 6.07) is 5.50. The molecule has 0 atom stereocenters. The molecule has 3 aliphatic rings. The highest BCUT2D eigenvalue weighted by Crippen LogP contribution is 2.40. The molecule has 1 saturated carbocycles. The highest BCUT2D eigenvalue weighted by molar-refractivity contribution is 5.91. The van der Waals surface area contributed by atoms with Crippen molar-refractivity contribution in [2.75, 3.05) is 31.6 Å². The molecular weight excluding hydrogens is 322 g/mol. The van der Waals surface area contributed by atoms with Crippen LogP contribution in [0.1, 0.15) is 37.5 Å². The number of amides is 2. The smallest absolute Gasteiger partial charge is 0.321 e. The van der Waals surface area contributed by atoms with Crippen molar-refractivity contribution in [3.8, 4) is 0 Å². The van der Waals surface area contributed by atoms with Crippen LogP contribution in [0.15, 0.2) is 22.6 Å². The van der Waals surface area contributed by atoms with Crippen LogP contribution in [0.2, 0.25) is 0 Å². The summed E-state index contributed by atoms with van der Waals surface area (Å²) in [7, 11) is 0. The predicted molar refractivity (Wildman–Crippen MR) is 90.4 cm³/mol. The van der Waals surface area contributed by atoms with Gasteiger partial charge in [0.15, 0.2) is 17.3 Å². The topological polar surface area (TPSA) is 76.8 Å². The average Bonchev–Trinajstić information content (AvgIpc) is 3.24. The number of carbonyl (C=O) groups is 1. The summed E-state index contributed by atoms with van der Waals surface area (Å²) >= 11 is 0. The first-order valence-electron chi connectivity index (χ1n) is 8.95. The van der Waals surface area contributed by atoms with Crippen molar-refractivity contribution >= 4 is 22.8 Å². The van der Waals surface area contributed by atoms with Gasteiger partial charge < -0.3 is 24.1 Å². The Balaban J connectivity index is 1.25. The number of carbonyl (C=O) groups excluding carboxylic acids is 1. The standard InChI is InChI=1S/C18H21N3O4/c22-17(21-7-5-18(6-8-21)23-9-10-24-18)19-13-3-4-15-14(11-13)20-16(25-15)12-1-2-12/h3-4,11-12H,1-2,5-10H2,(H,19,22). The fourth-order valence-electron chi connectivity index (χ4n) is 3.57. The second kappa shape index (κ2) is 5.71. The zero-order chi connectivity index (χ0) is 16.9. The van der Waals surface area contributed by atoms with Gasteiger partial charge in [-0.1, -0.05) is 0 Å². The van der Waals surface area contributed by atoms with Crippen molar-refractivity contribution in [3.05, 3.63) is 24.1 Å². The van der Waals surface area contributed by atoms with Crippen molar-refractivity contribution < 1.29 is 18.7 Å². The summed E-state index contributed by atoms with van der Waals surface area (Å²) in [5.74, 6) is 0.831. The molecule has 2 amide bonds. The number of benzene rings is 1. The molecule has 25 heavy (non-hydrogen) atoms. The average molecular weight is 343 g/mol. The summed E-state index contributed by atoms with van der Waals surface area (Å²) in [6.45, 7) is 2.55. The van der Waals surface area contributed by atoms with Gasteiger partial charge in [-0.3, -0.25) is 0 Å². The largest absolute Gasteiger partial charge is 0.440 e. The van der Waals surface area contributed by atoms with Gasteiger partial charge in [0, 0.05) is 37.5 Å². The lowest BCUT2D eigenvalue weighted by atomic mass is 10.0. The number of ether oxygens (including phenoxy) is 2. The lowest BCUT2D eigenvalue weighted by Gasteiger charge is -2.37. The van der Waals surface area contributed by atoms with Crippen molar-refractivity contribution in [2.24, 2.45) is 0 Å². The Hall–Kier alpha value is -2.12. The molecule has 0 radical (unpaired) electrons. The Morgan fingerprint density at radius 2 is 1.96 bits per heavy atom. The van der Waals surface area contributed by atoms with Gasteiger partial charge in [-0.15, -0.1) is 0 Å². The fraction of sp³-hybridized carbons (Fsp3) is 0.556. The Bertz CT molecular complexity index is 798. The molecule has 2 aliphatic heterocycles. The molecule has 7 nitrogen and oxygen atoms in total. The number of aromatic nitrogens is 1. The molecule has 2 aromatic rings. The van der Waals surface area contributed by atoms with Crippen LogP contribution in [0.4, 0.5) is 10.5 Å². The molecule has 1 N–H and O–H groups in total. The van der Waals surface area contributed by atoms with Crippen molar-refractivity contribution in [2.45, 2.75) is 37.4 Å². The van der Waals surface area contributed by atoms with Crippen molar-refractivity contribution in [1.82, 2.24) is 9.88 Å². The molecule has 5 rings (SSSR count). The number of rotatable bonds is 2. The van der Waals surface area contributed by atoms with Crippen LogP contribution < -0.4 is 5.32 Å². The minimum atomic E-state index is -0.463. The highest BCUT2D eigenvalue weighted by atomic mass is 16.7. The van der Waals surface area contributed by atoms with E-state index in [9.17, 15) is 4.79 Å². The summed E-state index contributed by atoms with van der Waals surface area (Å²) in [6.07, 6.45) is 3.74. The van der Waals surface area contributed by atoms with Crippen LogP contribution in [-0.4, -0.2) is 48.0 Å². The predicted octanol–water partition coefficient (Wildman–Crippen LogP) is 3.08. The summed E-state index contributed by atoms with van der Waals surface area (Å²) in [4.78, 5) is 18.9. The monoisotopic (exact) mass is 343 g/mol. The molecule has 3 fully saturated rings. The van der Waals surface area contributed by atoms with E-state index in [4.69, 9.17) is 13.9 Å². The van der Waals surface area contributed by atoms with Gasteiger partial charge in [-0.05, 0) is 31.0 Å². The van der Waals surface area contributed by atoms with E-state index in [1.165, 1.54) is 0 Å². The number of fused-ring (bicyclic) bond motifs is 1. The van der Waals surface area contributed by atoms with E-state index in [2.05, 4.69) is 10.3 Å². The molecule has 1 aliphatic carbocycles. The first-order valence-corrected chi connectivity index (χ1v) is 8.95. The molecule has 1 aromatic carbocycles. The van der Waals surface area contributed by atoms with Crippen LogP contribution >= 0.6 is 0 Å². The number of anilines is 1. The van der Waals surface area contributed by atoms with Gasteiger partial charge in [0.1, 0.15) is 5.52 Å². The summed E-state index contributed by atoms with van der Waals surface area (Å²) < 4.78 is 17.2. The number of piperidine rings is 1. The van der Waals surface area contributed by atoms with Gasteiger partial charge in [-0.25, -0.2) is 9.78 Å². The lowest BCUT2D eigenvalue weighted by Crippen LogP contribution is -2.48. The minimum absolute atomic E-state index is 0.0990. The highest BCUT2D eigenvalue weighted by Gasteiger charge is 2.40. The first kappa shape index (κ1) is 15.2. The van der Waals surface area contributed by atoms with E-state index >= 15 is 0 Å². The van der Waals surface area contributed by atoms with Crippen molar-refractivity contribution in [3.63, 3.8) is 0 Å². The Labute approximate surface area is 145 Å². The molecule has 1 aromatic heterocycles. The molecule has 3 heterocycles. The quantitative estimate of drug-likeness (QED) is 0.907. The molecule has 2 saturated heterocycles. The Kier molecular flexibility index (Phi) is 3.46. The number of likely N-dealkylation sites (tertiary alicyclic amines) is 1. The maximum Gasteiger partial charge on any atom is 0.321 e. The first-order chi connectivity index (χ1) is 12.2. The summed E-state index contributed by atoms with van der Waals surface area (Å²) in [5, 5.41) is 2.96. The van der Waals surface area contributed by atoms with Gasteiger partial charge >= 0.3 is 6.03 Å². The van der Waals surface area contributed by atoms with E-state index in [1.54, 1.807) is 4.90 Å².